The average Bonchev–Trinajstić information content (AvgIpc) is 3.80. The van der Waals surface area contributed by atoms with Crippen LogP contribution in [0.2, 0.25) is 0 Å². The maximum Gasteiger partial charge on any atom is 0.178 e. The van der Waals surface area contributed by atoms with Crippen LogP contribution in [0.3, 0.4) is 0 Å². The fraction of sp³-hybridized carbons (Fsp3) is 0.219. The van der Waals surface area contributed by atoms with Crippen molar-refractivity contribution in [2.24, 2.45) is 0 Å². The first-order valence-electron chi connectivity index (χ1n) is 24.3. The number of fused-ring (bicyclic) bond motifs is 9. The van der Waals surface area contributed by atoms with Crippen molar-refractivity contribution < 1.29 is 8.83 Å². The third kappa shape index (κ3) is 7.38. The minimum atomic E-state index is 0.247. The van der Waals surface area contributed by atoms with Gasteiger partial charge in [0.05, 0.1) is 0 Å². The van der Waals surface area contributed by atoms with E-state index in [1.165, 1.54) is 66.4 Å². The highest BCUT2D eigenvalue weighted by molar-refractivity contribution is 6.24. The molecular weight excluding hydrogens is 829 g/mol. The number of furan rings is 2. The zero-order valence-electron chi connectivity index (χ0n) is 41.6. The summed E-state index contributed by atoms with van der Waals surface area (Å²) in [5.41, 5.74) is 22.8. The van der Waals surface area contributed by atoms with Crippen molar-refractivity contribution in [2.45, 2.75) is 94.9 Å². The molecule has 0 unspecified atom stereocenters. The fourth-order valence-corrected chi connectivity index (χ4v) is 11.5. The minimum Gasteiger partial charge on any atom is -0.452 e. The summed E-state index contributed by atoms with van der Waals surface area (Å²) in [5.74, 6) is 0.494. The van der Waals surface area contributed by atoms with Gasteiger partial charge in [0.2, 0.25) is 0 Å². The Balaban J connectivity index is 1.12. The van der Waals surface area contributed by atoms with Crippen LogP contribution in [0.5, 0.6) is 0 Å². The van der Waals surface area contributed by atoms with Gasteiger partial charge in [0.1, 0.15) is 11.2 Å². The smallest absolute Gasteiger partial charge is 0.178 e. The van der Waals surface area contributed by atoms with Crippen molar-refractivity contribution in [2.75, 3.05) is 9.80 Å². The normalized spacial score (nSPS) is 12.1. The van der Waals surface area contributed by atoms with Gasteiger partial charge in [-0.05, 0) is 241 Å². The quantitative estimate of drug-likeness (QED) is 0.152. The van der Waals surface area contributed by atoms with Crippen LogP contribution in [-0.2, 0) is 0 Å². The Bertz CT molecular complexity index is 3420. The molecule has 9 aromatic carbocycles. The molecule has 2 aromatic heterocycles. The molecule has 0 amide bonds. The largest absolute Gasteiger partial charge is 0.452 e. The summed E-state index contributed by atoms with van der Waals surface area (Å²) in [6, 6.07) is 50.1. The van der Waals surface area contributed by atoms with Crippen molar-refractivity contribution in [3.8, 4) is 0 Å². The highest BCUT2D eigenvalue weighted by Gasteiger charge is 2.28. The van der Waals surface area contributed by atoms with Gasteiger partial charge in [-0.2, -0.15) is 0 Å². The lowest BCUT2D eigenvalue weighted by Gasteiger charge is -2.27. The minimum absolute atomic E-state index is 0.247. The number of benzene rings is 9. The van der Waals surface area contributed by atoms with Crippen LogP contribution in [0.1, 0.15) is 95.2 Å². The molecule has 2 heterocycles. The molecule has 338 valence electrons. The lowest BCUT2D eigenvalue weighted by atomic mass is 9.84. The molecule has 0 atom stereocenters. The van der Waals surface area contributed by atoms with Crippen molar-refractivity contribution in [1.82, 2.24) is 0 Å². The molecule has 11 aromatic rings. The van der Waals surface area contributed by atoms with E-state index < -0.39 is 0 Å². The predicted octanol–water partition coefficient (Wildman–Crippen LogP) is 19.4. The predicted molar refractivity (Wildman–Crippen MR) is 291 cm³/mol. The van der Waals surface area contributed by atoms with Gasteiger partial charge in [0.15, 0.2) is 11.2 Å². The molecule has 4 nitrogen and oxygen atoms in total. The van der Waals surface area contributed by atoms with Gasteiger partial charge in [-0.3, -0.25) is 0 Å². The first-order chi connectivity index (χ1) is 32.6. The lowest BCUT2D eigenvalue weighted by molar-refractivity contribution is 0.632. The number of hydrogen-bond donors (Lipinski definition) is 0. The van der Waals surface area contributed by atoms with E-state index in [0.29, 0.717) is 0 Å². The van der Waals surface area contributed by atoms with Gasteiger partial charge >= 0.3 is 0 Å². The van der Waals surface area contributed by atoms with Gasteiger partial charge in [0.25, 0.3) is 0 Å². The highest BCUT2D eigenvalue weighted by atomic mass is 16.4. The number of anilines is 6. The summed E-state index contributed by atoms with van der Waals surface area (Å²) in [4.78, 5) is 4.78. The lowest BCUT2D eigenvalue weighted by Crippen LogP contribution is -2.11. The van der Waals surface area contributed by atoms with Crippen LogP contribution in [0.25, 0.3) is 65.4 Å². The van der Waals surface area contributed by atoms with Gasteiger partial charge in [-0.1, -0.05) is 64.1 Å². The fourth-order valence-electron chi connectivity index (χ4n) is 11.5. The van der Waals surface area contributed by atoms with Crippen LogP contribution >= 0.6 is 0 Å². The van der Waals surface area contributed by atoms with Gasteiger partial charge in [0, 0.05) is 55.7 Å². The highest BCUT2D eigenvalue weighted by Crippen LogP contribution is 2.50. The van der Waals surface area contributed by atoms with E-state index in [9.17, 15) is 0 Å². The van der Waals surface area contributed by atoms with E-state index in [0.717, 1.165) is 88.8 Å². The second kappa shape index (κ2) is 16.2. The van der Waals surface area contributed by atoms with Crippen molar-refractivity contribution >= 4 is 99.5 Å². The standard InChI is InChI=1S/C64H60N2O2/c1-35(2)59-60(36(3)4)62-56-32-46-14-16-50(66(53-25-41(9)19-42(10)26-53)54-27-43(11)20-44(12)28-54)30-48(46)34-58(56)68-64(62)63-61(59)55-31-45-13-15-49(29-47(45)33-57(55)67-63)65(51-21-37(5)17-38(6)22-51)52-23-39(7)18-40(8)24-52/h13-36H,1-12H3. The van der Waals surface area contributed by atoms with Crippen molar-refractivity contribution in [3.63, 3.8) is 0 Å². The third-order valence-electron chi connectivity index (χ3n) is 13.8. The summed E-state index contributed by atoms with van der Waals surface area (Å²) >= 11 is 0. The molecule has 0 aliphatic rings. The Hall–Kier alpha value is -7.30. The van der Waals surface area contributed by atoms with E-state index in [-0.39, 0.29) is 11.8 Å². The zero-order valence-corrected chi connectivity index (χ0v) is 41.6. The Morgan fingerprint density at radius 2 is 0.603 bits per heavy atom. The van der Waals surface area contributed by atoms with Crippen LogP contribution in [-0.4, -0.2) is 0 Å². The molecule has 11 rings (SSSR count). The second-order valence-electron chi connectivity index (χ2n) is 20.6. The van der Waals surface area contributed by atoms with E-state index in [2.05, 4.69) is 226 Å². The Labute approximate surface area is 400 Å². The first kappa shape index (κ1) is 43.3. The summed E-state index contributed by atoms with van der Waals surface area (Å²) in [6.45, 7) is 26.7. The maximum atomic E-state index is 7.13. The van der Waals surface area contributed by atoms with Crippen LogP contribution in [0.4, 0.5) is 34.1 Å². The van der Waals surface area contributed by atoms with E-state index >= 15 is 0 Å². The molecule has 0 fully saturated rings. The number of rotatable bonds is 8. The van der Waals surface area contributed by atoms with E-state index in [1.807, 2.05) is 0 Å². The maximum absolute atomic E-state index is 7.13. The topological polar surface area (TPSA) is 32.8 Å². The monoisotopic (exact) mass is 888 g/mol. The van der Waals surface area contributed by atoms with Crippen LogP contribution in [0.15, 0.2) is 142 Å². The molecule has 68 heavy (non-hydrogen) atoms. The summed E-state index contributed by atoms with van der Waals surface area (Å²) in [5, 5.41) is 9.17. The Morgan fingerprint density at radius 3 is 0.882 bits per heavy atom. The number of nitrogens with zero attached hydrogens (tertiary/aromatic N) is 2. The molecule has 0 aliphatic heterocycles. The molecule has 0 saturated carbocycles. The number of aryl methyl sites for hydroxylation is 8. The molecular formula is C64H60N2O2. The summed E-state index contributed by atoms with van der Waals surface area (Å²) in [6.07, 6.45) is 0. The molecule has 0 saturated heterocycles. The first-order valence-corrected chi connectivity index (χ1v) is 24.3. The Morgan fingerprint density at radius 1 is 0.309 bits per heavy atom. The molecule has 0 aliphatic carbocycles. The van der Waals surface area contributed by atoms with Gasteiger partial charge in [-0.15, -0.1) is 0 Å². The van der Waals surface area contributed by atoms with E-state index in [1.54, 1.807) is 0 Å². The summed E-state index contributed by atoms with van der Waals surface area (Å²) in [7, 11) is 0. The summed E-state index contributed by atoms with van der Waals surface area (Å²) < 4.78 is 14.3. The zero-order chi connectivity index (χ0) is 47.4. The molecule has 4 heteroatoms. The SMILES string of the molecule is Cc1cc(C)cc(N(c2cc(C)cc(C)c2)c2ccc3cc4c(cc3c2)oc2c3oc5cc6cc(N(c7cc(C)cc(C)c7)c7cc(C)cc(C)c7)ccc6cc5c3c(C(C)C)c(C(C)C)c42)c1. The molecule has 0 N–H and O–H groups in total. The molecule has 0 bridgehead atoms. The van der Waals surface area contributed by atoms with Gasteiger partial charge in [-0.25, -0.2) is 0 Å². The molecule has 0 spiro atoms. The Kier molecular flexibility index (Phi) is 10.3. The molecule has 0 radical (unpaired) electrons. The average molecular weight is 889 g/mol. The third-order valence-corrected chi connectivity index (χ3v) is 13.8. The number of hydrogen-bond acceptors (Lipinski definition) is 4. The van der Waals surface area contributed by atoms with Crippen molar-refractivity contribution in [1.29, 1.82) is 0 Å². The van der Waals surface area contributed by atoms with Gasteiger partial charge < -0.3 is 18.6 Å². The van der Waals surface area contributed by atoms with Crippen LogP contribution < -0.4 is 9.80 Å². The second-order valence-corrected chi connectivity index (χ2v) is 20.6. The van der Waals surface area contributed by atoms with Crippen LogP contribution in [0, 0.1) is 55.4 Å². The van der Waals surface area contributed by atoms with E-state index in [4.69, 9.17) is 8.83 Å². The van der Waals surface area contributed by atoms with Crippen molar-refractivity contribution in [3.05, 3.63) is 189 Å².